The van der Waals surface area contributed by atoms with Crippen LogP contribution in [0.4, 0.5) is 0 Å². The lowest BCUT2D eigenvalue weighted by Gasteiger charge is -2.26. The van der Waals surface area contributed by atoms with Crippen molar-refractivity contribution < 1.29 is 0 Å². The molecular weight excluding hydrogens is 256 g/mol. The average molecular weight is 280 g/mol. The van der Waals surface area contributed by atoms with Gasteiger partial charge in [0.2, 0.25) is 0 Å². The first kappa shape index (κ1) is 14.0. The van der Waals surface area contributed by atoms with E-state index >= 15 is 0 Å². The Labute approximate surface area is 127 Å². The standard InChI is InChI=1S/C19H24N2/c1-2-16-3-5-17(6-4-16)15-21-13-9-19(10-14-21)18-7-11-20-12-8-18/h3-7,9-11,13,18,20H,2,8,12,14-15H2,1H3. The zero-order chi connectivity index (χ0) is 14.5. The molecule has 0 fully saturated rings. The minimum Gasteiger partial charge on any atom is -0.391 e. The number of nitrogens with zero attached hydrogens (tertiary/aromatic N) is 1. The van der Waals surface area contributed by atoms with Crippen molar-refractivity contribution in [3.63, 3.8) is 0 Å². The molecule has 2 aliphatic rings. The van der Waals surface area contributed by atoms with Crippen molar-refractivity contribution in [2.45, 2.75) is 26.3 Å². The van der Waals surface area contributed by atoms with Crippen LogP contribution in [0.15, 0.2) is 60.5 Å². The summed E-state index contributed by atoms with van der Waals surface area (Å²) in [5, 5.41) is 3.26. The Morgan fingerprint density at radius 3 is 2.62 bits per heavy atom. The second kappa shape index (κ2) is 6.66. The van der Waals surface area contributed by atoms with E-state index in [2.05, 4.69) is 72.0 Å². The van der Waals surface area contributed by atoms with E-state index < -0.39 is 0 Å². The minimum absolute atomic E-state index is 0.591. The maximum Gasteiger partial charge on any atom is 0.0427 e. The fourth-order valence-corrected chi connectivity index (χ4v) is 2.93. The van der Waals surface area contributed by atoms with Crippen LogP contribution in [0.1, 0.15) is 24.5 Å². The van der Waals surface area contributed by atoms with Crippen LogP contribution in [0.3, 0.4) is 0 Å². The number of hydrogen-bond donors (Lipinski definition) is 1. The first-order valence-corrected chi connectivity index (χ1v) is 7.95. The SMILES string of the molecule is CCc1ccc(CN2C=CC(C3C=CNCC3)=CC2)cc1. The lowest BCUT2D eigenvalue weighted by atomic mass is 9.92. The molecule has 0 radical (unpaired) electrons. The van der Waals surface area contributed by atoms with Gasteiger partial charge in [0.15, 0.2) is 0 Å². The topological polar surface area (TPSA) is 15.3 Å². The Morgan fingerprint density at radius 1 is 1.19 bits per heavy atom. The molecule has 0 aromatic heterocycles. The second-order valence-corrected chi connectivity index (χ2v) is 5.83. The van der Waals surface area contributed by atoms with Crippen LogP contribution in [0.5, 0.6) is 0 Å². The number of hydrogen-bond acceptors (Lipinski definition) is 2. The van der Waals surface area contributed by atoms with Crippen LogP contribution < -0.4 is 5.32 Å². The predicted molar refractivity (Wildman–Crippen MR) is 88.7 cm³/mol. The zero-order valence-corrected chi connectivity index (χ0v) is 12.8. The lowest BCUT2D eigenvalue weighted by Crippen LogP contribution is -2.23. The summed E-state index contributed by atoms with van der Waals surface area (Å²) in [7, 11) is 0. The van der Waals surface area contributed by atoms with Crippen molar-refractivity contribution in [3.8, 4) is 0 Å². The third kappa shape index (κ3) is 3.57. The fraction of sp³-hybridized carbons (Fsp3) is 0.368. The largest absolute Gasteiger partial charge is 0.391 e. The molecular formula is C19H24N2. The van der Waals surface area contributed by atoms with Gasteiger partial charge >= 0.3 is 0 Å². The molecule has 1 atom stereocenters. The van der Waals surface area contributed by atoms with Crippen LogP contribution in [0, 0.1) is 5.92 Å². The third-order valence-corrected chi connectivity index (χ3v) is 4.33. The molecule has 2 nitrogen and oxygen atoms in total. The molecule has 0 amide bonds. The molecule has 110 valence electrons. The fourth-order valence-electron chi connectivity index (χ4n) is 2.93. The van der Waals surface area contributed by atoms with Crippen molar-refractivity contribution in [1.29, 1.82) is 0 Å². The van der Waals surface area contributed by atoms with Crippen LogP contribution in [-0.2, 0) is 13.0 Å². The van der Waals surface area contributed by atoms with Crippen molar-refractivity contribution in [3.05, 3.63) is 71.6 Å². The van der Waals surface area contributed by atoms with Gasteiger partial charge in [-0.3, -0.25) is 0 Å². The molecule has 2 heteroatoms. The molecule has 2 heterocycles. The molecule has 3 rings (SSSR count). The predicted octanol–water partition coefficient (Wildman–Crippen LogP) is 3.63. The highest BCUT2D eigenvalue weighted by Crippen LogP contribution is 2.23. The first-order valence-electron chi connectivity index (χ1n) is 7.95. The summed E-state index contributed by atoms with van der Waals surface area (Å²) in [6, 6.07) is 8.98. The molecule has 0 saturated heterocycles. The van der Waals surface area contributed by atoms with E-state index in [-0.39, 0.29) is 0 Å². The highest BCUT2D eigenvalue weighted by atomic mass is 15.1. The summed E-state index contributed by atoms with van der Waals surface area (Å²) < 4.78 is 0. The molecule has 0 saturated carbocycles. The molecule has 0 aliphatic carbocycles. The maximum atomic E-state index is 3.26. The number of aryl methyl sites for hydroxylation is 1. The average Bonchev–Trinajstić information content (AvgIpc) is 2.57. The van der Waals surface area contributed by atoms with Gasteiger partial charge in [0.1, 0.15) is 0 Å². The van der Waals surface area contributed by atoms with E-state index in [0.717, 1.165) is 26.1 Å². The monoisotopic (exact) mass is 280 g/mol. The number of allylic oxidation sites excluding steroid dienone is 3. The second-order valence-electron chi connectivity index (χ2n) is 5.83. The minimum atomic E-state index is 0.591. The van der Waals surface area contributed by atoms with E-state index in [1.165, 1.54) is 23.1 Å². The molecule has 1 unspecified atom stereocenters. The van der Waals surface area contributed by atoms with Crippen LogP contribution in [0.2, 0.25) is 0 Å². The van der Waals surface area contributed by atoms with E-state index in [1.807, 2.05) is 0 Å². The Bertz CT molecular complexity index is 551. The highest BCUT2D eigenvalue weighted by molar-refractivity contribution is 5.30. The summed E-state index contributed by atoms with van der Waals surface area (Å²) >= 11 is 0. The smallest absolute Gasteiger partial charge is 0.0427 e. The molecule has 2 aliphatic heterocycles. The van der Waals surface area contributed by atoms with Gasteiger partial charge in [-0.2, -0.15) is 0 Å². The van der Waals surface area contributed by atoms with Gasteiger partial charge in [0, 0.05) is 25.6 Å². The van der Waals surface area contributed by atoms with E-state index in [0.29, 0.717) is 5.92 Å². The Hall–Kier alpha value is -1.96. The van der Waals surface area contributed by atoms with E-state index in [1.54, 1.807) is 0 Å². The lowest BCUT2D eigenvalue weighted by molar-refractivity contribution is 0.400. The number of benzene rings is 1. The molecule has 1 aromatic carbocycles. The van der Waals surface area contributed by atoms with Gasteiger partial charge in [-0.1, -0.05) is 43.3 Å². The molecule has 1 N–H and O–H groups in total. The highest BCUT2D eigenvalue weighted by Gasteiger charge is 2.14. The van der Waals surface area contributed by atoms with Gasteiger partial charge in [0.25, 0.3) is 0 Å². The Morgan fingerprint density at radius 2 is 2.00 bits per heavy atom. The molecule has 1 aromatic rings. The Kier molecular flexibility index (Phi) is 4.44. The van der Waals surface area contributed by atoms with Crippen LogP contribution in [0.25, 0.3) is 0 Å². The zero-order valence-electron chi connectivity index (χ0n) is 12.8. The quantitative estimate of drug-likeness (QED) is 0.906. The summed E-state index contributed by atoms with van der Waals surface area (Å²) in [5.41, 5.74) is 4.26. The van der Waals surface area contributed by atoms with Gasteiger partial charge in [-0.05, 0) is 48.0 Å². The normalized spacial score (nSPS) is 21.1. The van der Waals surface area contributed by atoms with Crippen LogP contribution >= 0.6 is 0 Å². The molecule has 0 spiro atoms. The van der Waals surface area contributed by atoms with E-state index in [4.69, 9.17) is 0 Å². The van der Waals surface area contributed by atoms with Crippen molar-refractivity contribution in [2.24, 2.45) is 5.92 Å². The summed E-state index contributed by atoms with van der Waals surface area (Å²) in [6.07, 6.45) is 13.6. The summed E-state index contributed by atoms with van der Waals surface area (Å²) in [4.78, 5) is 2.37. The van der Waals surface area contributed by atoms with Crippen molar-refractivity contribution in [1.82, 2.24) is 10.2 Å². The van der Waals surface area contributed by atoms with Gasteiger partial charge in [-0.15, -0.1) is 0 Å². The summed E-state index contributed by atoms with van der Waals surface area (Å²) in [5.74, 6) is 0.591. The number of nitrogens with one attached hydrogen (secondary N) is 1. The van der Waals surface area contributed by atoms with Crippen LogP contribution in [-0.4, -0.2) is 18.0 Å². The van der Waals surface area contributed by atoms with Crippen molar-refractivity contribution in [2.75, 3.05) is 13.1 Å². The third-order valence-electron chi connectivity index (χ3n) is 4.33. The van der Waals surface area contributed by atoms with Gasteiger partial charge in [0.05, 0.1) is 0 Å². The van der Waals surface area contributed by atoms with Gasteiger partial charge in [-0.25, -0.2) is 0 Å². The van der Waals surface area contributed by atoms with E-state index in [9.17, 15) is 0 Å². The number of rotatable bonds is 4. The molecule has 0 bridgehead atoms. The molecule has 21 heavy (non-hydrogen) atoms. The Balaban J connectivity index is 1.57. The van der Waals surface area contributed by atoms with Gasteiger partial charge < -0.3 is 10.2 Å². The van der Waals surface area contributed by atoms with Crippen molar-refractivity contribution >= 4 is 0 Å². The first-order chi connectivity index (χ1) is 10.3. The maximum absolute atomic E-state index is 3.26. The summed E-state index contributed by atoms with van der Waals surface area (Å²) in [6.45, 7) is 5.29.